The molecule has 1 fully saturated rings. The largest absolute Gasteiger partial charge is 0.310 e. The summed E-state index contributed by atoms with van der Waals surface area (Å²) in [7, 11) is 0. The summed E-state index contributed by atoms with van der Waals surface area (Å²) in [5.74, 6) is 1.63. The van der Waals surface area contributed by atoms with Crippen LogP contribution in [0.15, 0.2) is 24.3 Å². The van der Waals surface area contributed by atoms with Gasteiger partial charge in [-0.1, -0.05) is 57.4 Å². The lowest BCUT2D eigenvalue weighted by atomic mass is 9.84. The molecule has 0 bridgehead atoms. The Labute approximate surface area is 125 Å². The van der Waals surface area contributed by atoms with Crippen LogP contribution in [0.25, 0.3) is 0 Å². The van der Waals surface area contributed by atoms with Crippen molar-refractivity contribution in [2.45, 2.75) is 71.9 Å². The van der Waals surface area contributed by atoms with Gasteiger partial charge in [-0.05, 0) is 49.1 Å². The molecule has 1 heteroatoms. The molecule has 1 unspecified atom stereocenters. The van der Waals surface area contributed by atoms with Gasteiger partial charge in [0.1, 0.15) is 0 Å². The highest BCUT2D eigenvalue weighted by atomic mass is 14.9. The van der Waals surface area contributed by atoms with Crippen LogP contribution in [0.4, 0.5) is 0 Å². The lowest BCUT2D eigenvalue weighted by molar-refractivity contribution is 0.280. The van der Waals surface area contributed by atoms with Gasteiger partial charge in [0.05, 0.1) is 0 Å². The van der Waals surface area contributed by atoms with Crippen LogP contribution in [0.5, 0.6) is 0 Å². The second kappa shape index (κ2) is 7.83. The van der Waals surface area contributed by atoms with Gasteiger partial charge in [-0.3, -0.25) is 0 Å². The van der Waals surface area contributed by atoms with Gasteiger partial charge in [-0.15, -0.1) is 0 Å². The van der Waals surface area contributed by atoms with Crippen LogP contribution in [0.3, 0.4) is 0 Å². The Hall–Kier alpha value is -0.820. The normalized spacial score (nSPS) is 18.4. The van der Waals surface area contributed by atoms with E-state index < -0.39 is 0 Å². The molecule has 0 aliphatic heterocycles. The van der Waals surface area contributed by atoms with Crippen molar-refractivity contribution in [3.8, 4) is 0 Å². The molecule has 0 amide bonds. The van der Waals surface area contributed by atoms with E-state index in [0.29, 0.717) is 6.04 Å². The van der Waals surface area contributed by atoms with Gasteiger partial charge in [0.15, 0.2) is 0 Å². The predicted octanol–water partition coefficient (Wildman–Crippen LogP) is 4.94. The average Bonchev–Trinajstić information content (AvgIpc) is 2.46. The number of hydrogen-bond acceptors (Lipinski definition) is 1. The van der Waals surface area contributed by atoms with Crippen molar-refractivity contribution in [1.82, 2.24) is 5.32 Å². The van der Waals surface area contributed by atoms with Crippen molar-refractivity contribution in [3.63, 3.8) is 0 Å². The summed E-state index contributed by atoms with van der Waals surface area (Å²) in [6, 6.07) is 9.83. The Kier molecular flexibility index (Phi) is 6.09. The van der Waals surface area contributed by atoms with Crippen LogP contribution in [-0.2, 0) is 13.0 Å². The Morgan fingerprint density at radius 1 is 0.950 bits per heavy atom. The van der Waals surface area contributed by atoms with Crippen LogP contribution >= 0.6 is 0 Å². The summed E-state index contributed by atoms with van der Waals surface area (Å²) in [5.41, 5.74) is 2.88. The van der Waals surface area contributed by atoms with Gasteiger partial charge in [0.2, 0.25) is 0 Å². The fraction of sp³-hybridized carbons (Fsp3) is 0.684. The SMILES string of the molecule is CC(C)Cc1ccc(CNC(C)C2CCCCC2)cc1. The molecule has 2 rings (SSSR count). The van der Waals surface area contributed by atoms with Gasteiger partial charge in [0, 0.05) is 12.6 Å². The van der Waals surface area contributed by atoms with E-state index in [1.165, 1.54) is 49.7 Å². The van der Waals surface area contributed by atoms with Crippen LogP contribution in [0.1, 0.15) is 64.0 Å². The minimum absolute atomic E-state index is 0.658. The van der Waals surface area contributed by atoms with E-state index in [9.17, 15) is 0 Å². The summed E-state index contributed by atoms with van der Waals surface area (Å²) in [6.07, 6.45) is 8.33. The van der Waals surface area contributed by atoms with Crippen LogP contribution in [0, 0.1) is 11.8 Å². The van der Waals surface area contributed by atoms with E-state index in [4.69, 9.17) is 0 Å². The molecule has 1 aliphatic carbocycles. The molecular formula is C19H31N. The summed E-state index contributed by atoms with van der Waals surface area (Å²) in [4.78, 5) is 0. The van der Waals surface area contributed by atoms with Gasteiger partial charge < -0.3 is 5.32 Å². The smallest absolute Gasteiger partial charge is 0.0208 e. The molecule has 20 heavy (non-hydrogen) atoms. The molecule has 0 radical (unpaired) electrons. The monoisotopic (exact) mass is 273 g/mol. The maximum Gasteiger partial charge on any atom is 0.0208 e. The Balaban J connectivity index is 1.78. The third-order valence-electron chi connectivity index (χ3n) is 4.65. The van der Waals surface area contributed by atoms with E-state index in [2.05, 4.69) is 50.4 Å². The topological polar surface area (TPSA) is 12.0 Å². The fourth-order valence-corrected chi connectivity index (χ4v) is 3.34. The number of hydrogen-bond donors (Lipinski definition) is 1. The molecular weight excluding hydrogens is 242 g/mol. The molecule has 1 atom stereocenters. The summed E-state index contributed by atoms with van der Waals surface area (Å²) < 4.78 is 0. The highest BCUT2D eigenvalue weighted by Crippen LogP contribution is 2.26. The maximum atomic E-state index is 3.73. The van der Waals surface area contributed by atoms with Gasteiger partial charge in [-0.2, -0.15) is 0 Å². The Bertz CT molecular complexity index is 373. The standard InChI is InChI=1S/C19H31N/c1-15(2)13-17-9-11-18(12-10-17)14-20-16(3)19-7-5-4-6-8-19/h9-12,15-16,19-20H,4-8,13-14H2,1-3H3. The van der Waals surface area contributed by atoms with Crippen molar-refractivity contribution in [2.24, 2.45) is 11.8 Å². The predicted molar refractivity (Wildman–Crippen MR) is 87.9 cm³/mol. The van der Waals surface area contributed by atoms with Crippen molar-refractivity contribution >= 4 is 0 Å². The molecule has 0 saturated heterocycles. The molecule has 1 nitrogen and oxygen atoms in total. The fourth-order valence-electron chi connectivity index (χ4n) is 3.34. The van der Waals surface area contributed by atoms with Crippen molar-refractivity contribution in [3.05, 3.63) is 35.4 Å². The highest BCUT2D eigenvalue weighted by Gasteiger charge is 2.19. The number of nitrogens with one attached hydrogen (secondary N) is 1. The molecule has 1 aromatic carbocycles. The molecule has 1 aromatic rings. The Morgan fingerprint density at radius 3 is 2.15 bits per heavy atom. The van der Waals surface area contributed by atoms with E-state index in [1.54, 1.807) is 0 Å². The van der Waals surface area contributed by atoms with E-state index >= 15 is 0 Å². The lowest BCUT2D eigenvalue weighted by Crippen LogP contribution is -2.34. The molecule has 1 N–H and O–H groups in total. The zero-order chi connectivity index (χ0) is 14.4. The molecule has 112 valence electrons. The van der Waals surface area contributed by atoms with E-state index in [1.807, 2.05) is 0 Å². The highest BCUT2D eigenvalue weighted by molar-refractivity contribution is 5.22. The summed E-state index contributed by atoms with van der Waals surface area (Å²) in [6.45, 7) is 7.94. The minimum Gasteiger partial charge on any atom is -0.310 e. The first-order valence-electron chi connectivity index (χ1n) is 8.46. The third-order valence-corrected chi connectivity index (χ3v) is 4.65. The zero-order valence-corrected chi connectivity index (χ0v) is 13.5. The first-order valence-corrected chi connectivity index (χ1v) is 8.46. The minimum atomic E-state index is 0.658. The third kappa shape index (κ3) is 4.94. The quantitative estimate of drug-likeness (QED) is 0.774. The molecule has 0 heterocycles. The van der Waals surface area contributed by atoms with Crippen molar-refractivity contribution in [1.29, 1.82) is 0 Å². The lowest BCUT2D eigenvalue weighted by Gasteiger charge is -2.28. The average molecular weight is 273 g/mol. The Morgan fingerprint density at radius 2 is 1.55 bits per heavy atom. The van der Waals surface area contributed by atoms with Gasteiger partial charge in [0.25, 0.3) is 0 Å². The second-order valence-corrected chi connectivity index (χ2v) is 6.98. The summed E-state index contributed by atoms with van der Waals surface area (Å²) >= 11 is 0. The second-order valence-electron chi connectivity index (χ2n) is 6.98. The van der Waals surface area contributed by atoms with Crippen molar-refractivity contribution in [2.75, 3.05) is 0 Å². The zero-order valence-electron chi connectivity index (χ0n) is 13.5. The first-order chi connectivity index (χ1) is 9.65. The maximum absolute atomic E-state index is 3.73. The molecule has 0 spiro atoms. The van der Waals surface area contributed by atoms with E-state index in [0.717, 1.165) is 18.4 Å². The van der Waals surface area contributed by atoms with Crippen LogP contribution in [0.2, 0.25) is 0 Å². The molecule has 0 aromatic heterocycles. The summed E-state index contributed by atoms with van der Waals surface area (Å²) in [5, 5.41) is 3.73. The number of benzene rings is 1. The first kappa shape index (κ1) is 15.6. The van der Waals surface area contributed by atoms with Gasteiger partial charge >= 0.3 is 0 Å². The molecule has 1 aliphatic rings. The van der Waals surface area contributed by atoms with E-state index in [-0.39, 0.29) is 0 Å². The van der Waals surface area contributed by atoms with Crippen molar-refractivity contribution < 1.29 is 0 Å². The van der Waals surface area contributed by atoms with Gasteiger partial charge in [-0.25, -0.2) is 0 Å². The number of rotatable bonds is 6. The van der Waals surface area contributed by atoms with Crippen LogP contribution in [-0.4, -0.2) is 6.04 Å². The van der Waals surface area contributed by atoms with Crippen LogP contribution < -0.4 is 5.32 Å². The molecule has 1 saturated carbocycles.